The summed E-state index contributed by atoms with van der Waals surface area (Å²) < 4.78 is 48.4. The molecule has 12 rings (SSSR count). The Morgan fingerprint density at radius 1 is 0.351 bits per heavy atom. The first-order chi connectivity index (χ1) is 35.8. The molecule has 0 unspecified atom stereocenters. The average Bonchev–Trinajstić information content (AvgIpc) is 3.94. The van der Waals surface area contributed by atoms with E-state index in [1.807, 2.05) is 12.1 Å². The van der Waals surface area contributed by atoms with Crippen LogP contribution in [-0.2, 0) is 6.18 Å². The highest BCUT2D eigenvalue weighted by Gasteiger charge is 2.32. The summed E-state index contributed by atoms with van der Waals surface area (Å²) in [5.41, 5.74) is 17.2. The molecule has 10 aromatic carbocycles. The number of alkyl halides is 3. The van der Waals surface area contributed by atoms with Gasteiger partial charge in [-0.15, -0.1) is 0 Å². The van der Waals surface area contributed by atoms with E-state index in [2.05, 4.69) is 213 Å². The Balaban J connectivity index is 1.22. The number of nitrogens with zero attached hydrogens (tertiary/aromatic N) is 4. The molecule has 7 heteroatoms. The van der Waals surface area contributed by atoms with Crippen molar-refractivity contribution in [1.29, 1.82) is 10.5 Å². The van der Waals surface area contributed by atoms with Gasteiger partial charge in [0.2, 0.25) is 0 Å². The van der Waals surface area contributed by atoms with Crippen LogP contribution in [0.15, 0.2) is 200 Å². The lowest BCUT2D eigenvalue weighted by Gasteiger charge is -2.20. The van der Waals surface area contributed by atoms with Crippen LogP contribution in [0.25, 0.3) is 111 Å². The number of hydrogen-bond donors (Lipinski definition) is 0. The normalized spacial score (nSPS) is 11.7. The standard InChI is InChI=1S/C67H45F3N4/c1-40-9-5-13-45(25-40)49-17-21-61-57(32-49)58-33-50(46-14-6-10-41(2)26-46)18-22-62(58)73(61)65-36-54(39-72)56(53-29-44(38-71)30-55(31-53)67(68,69)70)37-66(65)74-63-23-19-51(47-15-7-11-42(3)27-47)34-59(63)60-35-52(20-24-64(60)74)48-16-8-12-43(4)28-48/h5-37H,1-4H3. The molecule has 0 aliphatic carbocycles. The fourth-order valence-electron chi connectivity index (χ4n) is 10.9. The van der Waals surface area contributed by atoms with Gasteiger partial charge in [-0.25, -0.2) is 0 Å². The smallest absolute Gasteiger partial charge is 0.307 e. The second-order valence-electron chi connectivity index (χ2n) is 19.5. The lowest BCUT2D eigenvalue weighted by molar-refractivity contribution is -0.137. The SMILES string of the molecule is Cc1cccc(-c2ccc3c(c2)c2cc(-c4cccc(C)c4)ccc2n3-c2cc(C#N)c(-c3cc(C#N)cc(C(F)(F)F)c3)cc2-n2c3ccc(-c4cccc(C)c4)cc3c3cc(-c4cccc(C)c4)ccc32)c1. The number of aromatic nitrogens is 2. The molecule has 2 aromatic heterocycles. The molecule has 74 heavy (non-hydrogen) atoms. The Bertz CT molecular complexity index is 4180. The summed E-state index contributed by atoms with van der Waals surface area (Å²) >= 11 is 0. The van der Waals surface area contributed by atoms with Crippen LogP contribution in [0, 0.1) is 50.4 Å². The Hall–Kier alpha value is -9.43. The van der Waals surface area contributed by atoms with Crippen LogP contribution in [0.4, 0.5) is 13.2 Å². The lowest BCUT2D eigenvalue weighted by Crippen LogP contribution is -2.07. The molecule has 0 aliphatic heterocycles. The predicted molar refractivity (Wildman–Crippen MR) is 296 cm³/mol. The van der Waals surface area contributed by atoms with Crippen LogP contribution in [-0.4, -0.2) is 9.13 Å². The lowest BCUT2D eigenvalue weighted by atomic mass is 9.94. The van der Waals surface area contributed by atoms with Crippen LogP contribution in [0.5, 0.6) is 0 Å². The Labute approximate surface area is 426 Å². The molecule has 0 saturated heterocycles. The summed E-state index contributed by atoms with van der Waals surface area (Å²) in [7, 11) is 0. The molecule has 0 N–H and O–H groups in total. The predicted octanol–water partition coefficient (Wildman–Crippen LogP) is 18.2. The second-order valence-corrected chi connectivity index (χ2v) is 19.5. The third kappa shape index (κ3) is 7.96. The number of benzene rings is 10. The Kier molecular flexibility index (Phi) is 10.9. The van der Waals surface area contributed by atoms with Gasteiger partial charge in [0.1, 0.15) is 0 Å². The van der Waals surface area contributed by atoms with Gasteiger partial charge in [0.25, 0.3) is 0 Å². The van der Waals surface area contributed by atoms with Crippen LogP contribution < -0.4 is 0 Å². The highest BCUT2D eigenvalue weighted by atomic mass is 19.4. The minimum atomic E-state index is -4.74. The van der Waals surface area contributed by atoms with Gasteiger partial charge in [-0.1, -0.05) is 144 Å². The summed E-state index contributed by atoms with van der Waals surface area (Å²) in [6, 6.07) is 70.9. The average molecular weight is 963 g/mol. The summed E-state index contributed by atoms with van der Waals surface area (Å²) in [6.45, 7) is 8.33. The van der Waals surface area contributed by atoms with E-state index in [1.54, 1.807) is 6.07 Å². The van der Waals surface area contributed by atoms with E-state index in [0.717, 1.165) is 123 Å². The highest BCUT2D eigenvalue weighted by molar-refractivity contribution is 6.14. The number of halogens is 3. The molecule has 0 spiro atoms. The highest BCUT2D eigenvalue weighted by Crippen LogP contribution is 2.45. The fraction of sp³-hybridized carbons (Fsp3) is 0.0746. The quantitative estimate of drug-likeness (QED) is 0.160. The first kappa shape index (κ1) is 45.7. The third-order valence-electron chi connectivity index (χ3n) is 14.4. The van der Waals surface area contributed by atoms with Crippen molar-refractivity contribution in [2.24, 2.45) is 0 Å². The molecule has 0 atom stereocenters. The summed E-state index contributed by atoms with van der Waals surface area (Å²) in [5.74, 6) is 0. The van der Waals surface area contributed by atoms with Crippen LogP contribution >= 0.6 is 0 Å². The summed E-state index contributed by atoms with van der Waals surface area (Å²) in [6.07, 6.45) is -4.74. The molecule has 0 aliphatic rings. The van der Waals surface area contributed by atoms with E-state index in [-0.39, 0.29) is 22.3 Å². The minimum absolute atomic E-state index is 0.109. The van der Waals surface area contributed by atoms with E-state index in [4.69, 9.17) is 0 Å². The molecular weight excluding hydrogens is 918 g/mol. The van der Waals surface area contributed by atoms with Crippen LogP contribution in [0.1, 0.15) is 38.9 Å². The first-order valence-electron chi connectivity index (χ1n) is 24.5. The number of hydrogen-bond acceptors (Lipinski definition) is 2. The maximum Gasteiger partial charge on any atom is 0.416 e. The molecule has 0 saturated carbocycles. The molecular formula is C67H45F3N4. The van der Waals surface area contributed by atoms with Gasteiger partial charge in [0, 0.05) is 27.1 Å². The van der Waals surface area contributed by atoms with Crippen molar-refractivity contribution >= 4 is 43.6 Å². The Morgan fingerprint density at radius 3 is 1.03 bits per heavy atom. The number of fused-ring (bicyclic) bond motifs is 6. The van der Waals surface area contributed by atoms with E-state index in [1.165, 1.54) is 6.07 Å². The van der Waals surface area contributed by atoms with E-state index < -0.39 is 11.7 Å². The van der Waals surface area contributed by atoms with Gasteiger partial charge in [0.05, 0.1) is 62.3 Å². The molecule has 0 bridgehead atoms. The maximum absolute atomic E-state index is 14.7. The third-order valence-corrected chi connectivity index (χ3v) is 14.4. The van der Waals surface area contributed by atoms with Gasteiger partial charge in [-0.2, -0.15) is 23.7 Å². The summed E-state index contributed by atoms with van der Waals surface area (Å²) in [5, 5.41) is 25.2. The second kappa shape index (κ2) is 17.7. The molecule has 2 heterocycles. The van der Waals surface area contributed by atoms with Crippen molar-refractivity contribution in [1.82, 2.24) is 9.13 Å². The van der Waals surface area contributed by atoms with Crippen LogP contribution in [0.3, 0.4) is 0 Å². The molecule has 0 fully saturated rings. The zero-order chi connectivity index (χ0) is 51.0. The first-order valence-corrected chi connectivity index (χ1v) is 24.5. The molecule has 354 valence electrons. The largest absolute Gasteiger partial charge is 0.416 e. The van der Waals surface area contributed by atoms with Gasteiger partial charge in [-0.05, 0) is 157 Å². The number of nitriles is 2. The van der Waals surface area contributed by atoms with Crippen molar-refractivity contribution in [2.45, 2.75) is 33.9 Å². The van der Waals surface area contributed by atoms with Crippen molar-refractivity contribution < 1.29 is 13.2 Å². The number of aryl methyl sites for hydroxylation is 4. The number of rotatable bonds is 7. The zero-order valence-corrected chi connectivity index (χ0v) is 41.0. The van der Waals surface area contributed by atoms with Crippen molar-refractivity contribution in [3.8, 4) is 79.1 Å². The van der Waals surface area contributed by atoms with Crippen molar-refractivity contribution in [2.75, 3.05) is 0 Å². The van der Waals surface area contributed by atoms with E-state index in [9.17, 15) is 23.7 Å². The van der Waals surface area contributed by atoms with E-state index in [0.29, 0.717) is 11.4 Å². The van der Waals surface area contributed by atoms with Gasteiger partial charge in [-0.3, -0.25) is 0 Å². The van der Waals surface area contributed by atoms with Crippen LogP contribution in [0.2, 0.25) is 0 Å². The molecule has 0 amide bonds. The monoisotopic (exact) mass is 962 g/mol. The van der Waals surface area contributed by atoms with Crippen molar-refractivity contribution in [3.63, 3.8) is 0 Å². The van der Waals surface area contributed by atoms with E-state index >= 15 is 0 Å². The maximum atomic E-state index is 14.7. The van der Waals surface area contributed by atoms with Crippen molar-refractivity contribution in [3.05, 3.63) is 239 Å². The minimum Gasteiger partial charge on any atom is -0.307 e. The molecule has 4 nitrogen and oxygen atoms in total. The molecule has 12 aromatic rings. The van der Waals surface area contributed by atoms with Gasteiger partial charge < -0.3 is 9.13 Å². The fourth-order valence-corrected chi connectivity index (χ4v) is 10.9. The Morgan fingerprint density at radius 2 is 0.703 bits per heavy atom. The topological polar surface area (TPSA) is 57.4 Å². The van der Waals surface area contributed by atoms with Gasteiger partial charge >= 0.3 is 6.18 Å². The van der Waals surface area contributed by atoms with Gasteiger partial charge in [0.15, 0.2) is 0 Å². The molecule has 0 radical (unpaired) electrons. The summed E-state index contributed by atoms with van der Waals surface area (Å²) in [4.78, 5) is 0. The zero-order valence-electron chi connectivity index (χ0n) is 41.0.